The van der Waals surface area contributed by atoms with Crippen molar-refractivity contribution in [3.8, 4) is 0 Å². The predicted molar refractivity (Wildman–Crippen MR) is 117 cm³/mol. The normalized spacial score (nSPS) is 23.7. The first-order valence-electron chi connectivity index (χ1n) is 9.96. The second-order valence-electron chi connectivity index (χ2n) is 7.59. The Morgan fingerprint density at radius 2 is 1.96 bits per heavy atom. The average Bonchev–Trinajstić information content (AvgIpc) is 3.24. The summed E-state index contributed by atoms with van der Waals surface area (Å²) in [6.45, 7) is 10.6. The predicted octanol–water partition coefficient (Wildman–Crippen LogP) is 3.24. The summed E-state index contributed by atoms with van der Waals surface area (Å²) >= 11 is 0. The molecular weight excluding hydrogens is 427 g/mol. The summed E-state index contributed by atoms with van der Waals surface area (Å²) in [5.41, 5.74) is 0. The molecule has 2 atom stereocenters. The molecular formula is C19H39IN4O. The van der Waals surface area contributed by atoms with Gasteiger partial charge in [-0.2, -0.15) is 0 Å². The van der Waals surface area contributed by atoms with Crippen molar-refractivity contribution in [2.24, 2.45) is 10.9 Å². The smallest absolute Gasteiger partial charge is 0.191 e. The lowest BCUT2D eigenvalue weighted by molar-refractivity contribution is 0.0258. The van der Waals surface area contributed by atoms with E-state index in [0.29, 0.717) is 18.1 Å². The van der Waals surface area contributed by atoms with Crippen molar-refractivity contribution in [3.63, 3.8) is 0 Å². The van der Waals surface area contributed by atoms with Gasteiger partial charge in [-0.15, -0.1) is 24.0 Å². The number of hydrogen-bond acceptors (Lipinski definition) is 3. The number of guanidine groups is 1. The van der Waals surface area contributed by atoms with Gasteiger partial charge in [0.2, 0.25) is 0 Å². The molecule has 2 aliphatic rings. The van der Waals surface area contributed by atoms with Crippen molar-refractivity contribution < 1.29 is 4.74 Å². The van der Waals surface area contributed by atoms with E-state index in [4.69, 9.17) is 4.74 Å². The molecule has 2 rings (SSSR count). The Kier molecular flexibility index (Phi) is 11.3. The summed E-state index contributed by atoms with van der Waals surface area (Å²) in [6.07, 6.45) is 8.19. The van der Waals surface area contributed by atoms with E-state index in [2.05, 4.69) is 41.3 Å². The number of hydrogen-bond donors (Lipinski definition) is 2. The number of aliphatic imine (C=N–C) groups is 1. The van der Waals surface area contributed by atoms with Crippen LogP contribution >= 0.6 is 24.0 Å². The van der Waals surface area contributed by atoms with Gasteiger partial charge >= 0.3 is 0 Å². The first-order valence-corrected chi connectivity index (χ1v) is 9.96. The molecule has 25 heavy (non-hydrogen) atoms. The first-order chi connectivity index (χ1) is 11.6. The largest absolute Gasteiger partial charge is 0.378 e. The standard InChI is InChI=1S/C19H38N4O.HI/c1-5-24-18(15(2)3)10-12-21-19(20-4)22-16-11-13-23(14-16)17-8-6-7-9-17;/h15-18H,5-14H2,1-4H3,(H2,20,21,22);1H. The lowest BCUT2D eigenvalue weighted by atomic mass is 10.0. The zero-order valence-electron chi connectivity index (χ0n) is 16.6. The molecule has 1 aliphatic carbocycles. The Balaban J connectivity index is 0.00000312. The molecule has 5 nitrogen and oxygen atoms in total. The number of likely N-dealkylation sites (tertiary alicyclic amines) is 1. The zero-order valence-corrected chi connectivity index (χ0v) is 18.9. The number of rotatable bonds is 8. The molecule has 0 radical (unpaired) electrons. The zero-order chi connectivity index (χ0) is 17.4. The molecule has 0 aromatic heterocycles. The fourth-order valence-corrected chi connectivity index (χ4v) is 4.05. The molecule has 0 bridgehead atoms. The van der Waals surface area contributed by atoms with Crippen molar-refractivity contribution >= 4 is 29.9 Å². The number of ether oxygens (including phenoxy) is 1. The fraction of sp³-hybridized carbons (Fsp3) is 0.947. The van der Waals surface area contributed by atoms with E-state index in [1.807, 2.05) is 7.05 Å². The van der Waals surface area contributed by atoms with Crippen LogP contribution in [0.5, 0.6) is 0 Å². The lowest BCUT2D eigenvalue weighted by Crippen LogP contribution is -2.46. The molecule has 0 spiro atoms. The highest BCUT2D eigenvalue weighted by Gasteiger charge is 2.30. The number of nitrogens with one attached hydrogen (secondary N) is 2. The number of nitrogens with zero attached hydrogens (tertiary/aromatic N) is 2. The maximum absolute atomic E-state index is 5.82. The van der Waals surface area contributed by atoms with E-state index in [9.17, 15) is 0 Å². The molecule has 2 N–H and O–H groups in total. The molecule has 2 fully saturated rings. The van der Waals surface area contributed by atoms with Crippen LogP contribution in [-0.2, 0) is 4.74 Å². The third-order valence-electron chi connectivity index (χ3n) is 5.47. The average molecular weight is 466 g/mol. The van der Waals surface area contributed by atoms with Gasteiger partial charge in [-0.3, -0.25) is 9.89 Å². The SMILES string of the molecule is CCOC(CCNC(=NC)NC1CCN(C2CCCC2)C1)C(C)C.I. The molecule has 2 unspecified atom stereocenters. The monoisotopic (exact) mass is 466 g/mol. The van der Waals surface area contributed by atoms with Crippen molar-refractivity contribution in [1.82, 2.24) is 15.5 Å². The van der Waals surface area contributed by atoms with Crippen LogP contribution in [0.4, 0.5) is 0 Å². The van der Waals surface area contributed by atoms with E-state index >= 15 is 0 Å². The van der Waals surface area contributed by atoms with Gasteiger partial charge in [0.05, 0.1) is 6.10 Å². The Morgan fingerprint density at radius 1 is 1.24 bits per heavy atom. The van der Waals surface area contributed by atoms with E-state index in [1.54, 1.807) is 0 Å². The highest BCUT2D eigenvalue weighted by molar-refractivity contribution is 14.0. The molecule has 1 aliphatic heterocycles. The third-order valence-corrected chi connectivity index (χ3v) is 5.47. The Bertz CT molecular complexity index is 386. The fourth-order valence-electron chi connectivity index (χ4n) is 4.05. The summed E-state index contributed by atoms with van der Waals surface area (Å²) < 4.78 is 5.82. The van der Waals surface area contributed by atoms with Crippen molar-refractivity contribution in [3.05, 3.63) is 0 Å². The molecule has 148 valence electrons. The maximum atomic E-state index is 5.82. The van der Waals surface area contributed by atoms with E-state index in [1.165, 1.54) is 45.2 Å². The highest BCUT2D eigenvalue weighted by Crippen LogP contribution is 2.26. The minimum Gasteiger partial charge on any atom is -0.378 e. The topological polar surface area (TPSA) is 48.9 Å². The van der Waals surface area contributed by atoms with Crippen molar-refractivity contribution in [2.75, 3.05) is 33.3 Å². The second kappa shape index (κ2) is 12.3. The minimum atomic E-state index is 0. The van der Waals surface area contributed by atoms with Gasteiger partial charge < -0.3 is 15.4 Å². The molecule has 1 heterocycles. The Hall–Kier alpha value is -0.0800. The maximum Gasteiger partial charge on any atom is 0.191 e. The molecule has 0 aromatic rings. The van der Waals surface area contributed by atoms with E-state index in [-0.39, 0.29) is 24.0 Å². The lowest BCUT2D eigenvalue weighted by Gasteiger charge is -2.24. The van der Waals surface area contributed by atoms with Gasteiger partial charge in [-0.05, 0) is 38.5 Å². The Labute approximate surface area is 171 Å². The second-order valence-corrected chi connectivity index (χ2v) is 7.59. The third kappa shape index (κ3) is 7.59. The Morgan fingerprint density at radius 3 is 2.56 bits per heavy atom. The van der Waals surface area contributed by atoms with Crippen molar-refractivity contribution in [1.29, 1.82) is 0 Å². The van der Waals surface area contributed by atoms with Crippen LogP contribution in [0.15, 0.2) is 4.99 Å². The van der Waals surface area contributed by atoms with Crippen LogP contribution in [-0.4, -0.2) is 62.3 Å². The van der Waals surface area contributed by atoms with Crippen molar-refractivity contribution in [2.45, 2.75) is 77.5 Å². The van der Waals surface area contributed by atoms with Crippen LogP contribution in [0.3, 0.4) is 0 Å². The van der Waals surface area contributed by atoms with Crippen LogP contribution < -0.4 is 10.6 Å². The first kappa shape index (κ1) is 23.0. The summed E-state index contributed by atoms with van der Waals surface area (Å²) in [7, 11) is 1.86. The van der Waals surface area contributed by atoms with Crippen LogP contribution in [0.25, 0.3) is 0 Å². The van der Waals surface area contributed by atoms with Crippen LogP contribution in [0.2, 0.25) is 0 Å². The molecule has 0 aromatic carbocycles. The highest BCUT2D eigenvalue weighted by atomic mass is 127. The quantitative estimate of drug-likeness (QED) is 0.328. The molecule has 6 heteroatoms. The van der Waals surface area contributed by atoms with Gasteiger partial charge in [0, 0.05) is 45.4 Å². The summed E-state index contributed by atoms with van der Waals surface area (Å²) in [5.74, 6) is 1.49. The molecule has 1 saturated carbocycles. The van der Waals surface area contributed by atoms with Gasteiger partial charge in [0.15, 0.2) is 5.96 Å². The summed E-state index contributed by atoms with van der Waals surface area (Å²) in [4.78, 5) is 7.08. The van der Waals surface area contributed by atoms with Gasteiger partial charge in [-0.1, -0.05) is 26.7 Å². The number of halogens is 1. The minimum absolute atomic E-state index is 0. The van der Waals surface area contributed by atoms with Crippen LogP contribution in [0, 0.1) is 5.92 Å². The van der Waals surface area contributed by atoms with Gasteiger partial charge in [-0.25, -0.2) is 0 Å². The van der Waals surface area contributed by atoms with E-state index < -0.39 is 0 Å². The van der Waals surface area contributed by atoms with Gasteiger partial charge in [0.1, 0.15) is 0 Å². The molecule has 1 saturated heterocycles. The van der Waals surface area contributed by atoms with Gasteiger partial charge in [0.25, 0.3) is 0 Å². The van der Waals surface area contributed by atoms with E-state index in [0.717, 1.165) is 31.6 Å². The summed E-state index contributed by atoms with van der Waals surface area (Å²) in [5, 5.41) is 7.08. The van der Waals surface area contributed by atoms with Crippen LogP contribution in [0.1, 0.15) is 59.3 Å². The molecule has 0 amide bonds. The summed E-state index contributed by atoms with van der Waals surface area (Å²) in [6, 6.07) is 1.37.